The molecule has 1 N–H and O–H groups in total. The number of benzene rings is 2. The van der Waals surface area contributed by atoms with Crippen molar-refractivity contribution in [1.82, 2.24) is 0 Å². The molecule has 0 bridgehead atoms. The number of esters is 1. The fourth-order valence-electron chi connectivity index (χ4n) is 2.03. The fourth-order valence-corrected chi connectivity index (χ4v) is 2.03. The average Bonchev–Trinajstić information content (AvgIpc) is 2.63. The van der Waals surface area contributed by atoms with Gasteiger partial charge in [0.25, 0.3) is 5.91 Å². The van der Waals surface area contributed by atoms with E-state index in [1.54, 1.807) is 0 Å². The Morgan fingerprint density at radius 2 is 1.64 bits per heavy atom. The summed E-state index contributed by atoms with van der Waals surface area (Å²) in [6, 6.07) is 8.51. The minimum Gasteiger partial charge on any atom is -0.449 e. The van der Waals surface area contributed by atoms with Gasteiger partial charge in [0, 0.05) is 6.08 Å². The van der Waals surface area contributed by atoms with Gasteiger partial charge < -0.3 is 14.8 Å². The Hall–Kier alpha value is -3.36. The van der Waals surface area contributed by atoms with Gasteiger partial charge in [0.15, 0.2) is 6.10 Å². The maximum absolute atomic E-state index is 13.5. The molecular formula is C19H15F4NO4. The number of carbonyl (C=O) groups is 2. The highest BCUT2D eigenvalue weighted by Crippen LogP contribution is 2.18. The van der Waals surface area contributed by atoms with Gasteiger partial charge in [-0.3, -0.25) is 4.79 Å². The maximum Gasteiger partial charge on any atom is 0.387 e. The smallest absolute Gasteiger partial charge is 0.387 e. The number of nitrogens with one attached hydrogen (secondary N) is 1. The first-order valence-electron chi connectivity index (χ1n) is 7.94. The predicted octanol–water partition coefficient (Wildman–Crippen LogP) is 4.15. The third-order valence-electron chi connectivity index (χ3n) is 3.39. The summed E-state index contributed by atoms with van der Waals surface area (Å²) in [5.41, 5.74) is -0.152. The van der Waals surface area contributed by atoms with Gasteiger partial charge in [0.2, 0.25) is 0 Å². The van der Waals surface area contributed by atoms with Gasteiger partial charge in [-0.1, -0.05) is 18.2 Å². The first kappa shape index (κ1) is 20.9. The zero-order valence-electron chi connectivity index (χ0n) is 14.5. The number of hydrogen-bond acceptors (Lipinski definition) is 4. The molecule has 9 heteroatoms. The summed E-state index contributed by atoms with van der Waals surface area (Å²) >= 11 is 0. The zero-order chi connectivity index (χ0) is 20.7. The van der Waals surface area contributed by atoms with Crippen LogP contribution in [0.3, 0.4) is 0 Å². The van der Waals surface area contributed by atoms with E-state index in [0.29, 0.717) is 5.56 Å². The Bertz CT molecular complexity index is 848. The van der Waals surface area contributed by atoms with Crippen molar-refractivity contribution in [3.8, 4) is 5.75 Å². The lowest BCUT2D eigenvalue weighted by Gasteiger charge is -2.13. The summed E-state index contributed by atoms with van der Waals surface area (Å²) in [4.78, 5) is 23.7. The highest BCUT2D eigenvalue weighted by Gasteiger charge is 2.19. The largest absolute Gasteiger partial charge is 0.449 e. The Morgan fingerprint density at radius 1 is 1.04 bits per heavy atom. The van der Waals surface area contributed by atoms with E-state index in [1.165, 1.54) is 37.3 Å². The Kier molecular flexibility index (Phi) is 7.14. The molecule has 0 saturated heterocycles. The average molecular weight is 397 g/mol. The topological polar surface area (TPSA) is 64.6 Å². The molecule has 2 rings (SSSR count). The Balaban J connectivity index is 1.91. The number of para-hydroxylation sites is 1. The molecular weight excluding hydrogens is 382 g/mol. The second-order valence-electron chi connectivity index (χ2n) is 5.45. The normalized spacial score (nSPS) is 12.1. The van der Waals surface area contributed by atoms with Crippen molar-refractivity contribution in [1.29, 1.82) is 0 Å². The van der Waals surface area contributed by atoms with Crippen LogP contribution in [0.4, 0.5) is 23.2 Å². The van der Waals surface area contributed by atoms with Gasteiger partial charge >= 0.3 is 12.6 Å². The second-order valence-corrected chi connectivity index (χ2v) is 5.45. The summed E-state index contributed by atoms with van der Waals surface area (Å²) < 4.78 is 60.2. The molecule has 2 aromatic rings. The lowest BCUT2D eigenvalue weighted by molar-refractivity contribution is -0.148. The number of rotatable bonds is 7. The maximum atomic E-state index is 13.5. The van der Waals surface area contributed by atoms with Crippen LogP contribution in [0, 0.1) is 11.6 Å². The van der Waals surface area contributed by atoms with E-state index in [0.717, 1.165) is 24.3 Å². The van der Waals surface area contributed by atoms with E-state index >= 15 is 0 Å². The van der Waals surface area contributed by atoms with Crippen LogP contribution in [-0.2, 0) is 14.3 Å². The first-order chi connectivity index (χ1) is 13.3. The monoisotopic (exact) mass is 397 g/mol. The third-order valence-corrected chi connectivity index (χ3v) is 3.39. The molecule has 28 heavy (non-hydrogen) atoms. The summed E-state index contributed by atoms with van der Waals surface area (Å²) in [5.74, 6) is -3.78. The molecule has 0 unspecified atom stereocenters. The minimum absolute atomic E-state index is 0.0413. The van der Waals surface area contributed by atoms with Gasteiger partial charge in [0.1, 0.15) is 23.1 Å². The molecule has 0 aromatic heterocycles. The molecule has 0 heterocycles. The summed E-state index contributed by atoms with van der Waals surface area (Å²) in [6.07, 6.45) is 1.02. The van der Waals surface area contributed by atoms with E-state index in [9.17, 15) is 27.2 Å². The Morgan fingerprint density at radius 3 is 2.21 bits per heavy atom. The number of halogens is 4. The SMILES string of the molecule is C[C@H](OC(=O)/C=C/c1ccc(OC(F)F)cc1)C(=O)Nc1c(F)cccc1F. The molecule has 0 radical (unpaired) electrons. The van der Waals surface area contributed by atoms with E-state index in [4.69, 9.17) is 4.74 Å². The fraction of sp³-hybridized carbons (Fsp3) is 0.158. The molecule has 0 aliphatic carbocycles. The molecule has 0 aliphatic rings. The minimum atomic E-state index is -2.94. The summed E-state index contributed by atoms with van der Waals surface area (Å²) in [5, 5.41) is 2.01. The van der Waals surface area contributed by atoms with Crippen LogP contribution >= 0.6 is 0 Å². The predicted molar refractivity (Wildman–Crippen MR) is 92.6 cm³/mol. The third kappa shape index (κ3) is 6.11. The van der Waals surface area contributed by atoms with Crippen molar-refractivity contribution >= 4 is 23.6 Å². The number of carbonyl (C=O) groups excluding carboxylic acids is 2. The molecule has 0 aliphatic heterocycles. The van der Waals surface area contributed by atoms with Crippen molar-refractivity contribution in [2.75, 3.05) is 5.32 Å². The summed E-state index contributed by atoms with van der Waals surface area (Å²) in [7, 11) is 0. The molecule has 5 nitrogen and oxygen atoms in total. The van der Waals surface area contributed by atoms with Crippen molar-refractivity contribution in [3.63, 3.8) is 0 Å². The molecule has 2 aromatic carbocycles. The van der Waals surface area contributed by atoms with E-state index in [2.05, 4.69) is 4.74 Å². The molecule has 0 spiro atoms. The highest BCUT2D eigenvalue weighted by molar-refractivity contribution is 5.96. The summed E-state index contributed by atoms with van der Waals surface area (Å²) in [6.45, 7) is -1.71. The quantitative estimate of drug-likeness (QED) is 0.433. The number of amides is 1. The van der Waals surface area contributed by atoms with Gasteiger partial charge in [-0.25, -0.2) is 13.6 Å². The van der Waals surface area contributed by atoms with E-state index in [-0.39, 0.29) is 5.75 Å². The highest BCUT2D eigenvalue weighted by atomic mass is 19.3. The standard InChI is InChI=1S/C19H15F4NO4/c1-11(18(26)24-17-14(20)3-2-4-15(17)21)27-16(25)10-7-12-5-8-13(9-6-12)28-19(22)23/h2-11,19H,1H3,(H,24,26)/b10-7+/t11-/m0/s1. The zero-order valence-corrected chi connectivity index (χ0v) is 14.5. The molecule has 0 fully saturated rings. The molecule has 0 saturated carbocycles. The molecule has 1 atom stereocenters. The van der Waals surface area contributed by atoms with Crippen LogP contribution < -0.4 is 10.1 Å². The number of anilines is 1. The number of hydrogen-bond donors (Lipinski definition) is 1. The lowest BCUT2D eigenvalue weighted by atomic mass is 10.2. The van der Waals surface area contributed by atoms with Crippen LogP contribution in [0.2, 0.25) is 0 Å². The Labute approximate surface area is 157 Å². The molecule has 148 valence electrons. The molecule has 1 amide bonds. The van der Waals surface area contributed by atoms with E-state index in [1.807, 2.05) is 5.32 Å². The van der Waals surface area contributed by atoms with Gasteiger partial charge in [-0.15, -0.1) is 0 Å². The first-order valence-corrected chi connectivity index (χ1v) is 7.94. The number of alkyl halides is 2. The van der Waals surface area contributed by atoms with Gasteiger partial charge in [-0.05, 0) is 42.8 Å². The van der Waals surface area contributed by atoms with Crippen LogP contribution in [0.1, 0.15) is 12.5 Å². The lowest BCUT2D eigenvalue weighted by Crippen LogP contribution is -2.30. The van der Waals surface area contributed by atoms with E-state index < -0.39 is 41.9 Å². The van der Waals surface area contributed by atoms with Crippen LogP contribution in [0.15, 0.2) is 48.5 Å². The van der Waals surface area contributed by atoms with Crippen molar-refractivity contribution < 1.29 is 36.6 Å². The second kappa shape index (κ2) is 9.54. The van der Waals surface area contributed by atoms with Gasteiger partial charge in [0.05, 0.1) is 0 Å². The van der Waals surface area contributed by atoms with Crippen LogP contribution in [-0.4, -0.2) is 24.6 Å². The van der Waals surface area contributed by atoms with Gasteiger partial charge in [-0.2, -0.15) is 8.78 Å². The van der Waals surface area contributed by atoms with Crippen LogP contribution in [0.5, 0.6) is 5.75 Å². The van der Waals surface area contributed by atoms with Crippen molar-refractivity contribution in [2.24, 2.45) is 0 Å². The van der Waals surface area contributed by atoms with Crippen molar-refractivity contribution in [3.05, 3.63) is 65.7 Å². The van der Waals surface area contributed by atoms with Crippen LogP contribution in [0.25, 0.3) is 6.08 Å². The van der Waals surface area contributed by atoms with Crippen molar-refractivity contribution in [2.45, 2.75) is 19.6 Å². The number of ether oxygens (including phenoxy) is 2.